The normalized spacial score (nSPS) is 11.8. The van der Waals surface area contributed by atoms with E-state index in [1.54, 1.807) is 24.3 Å². The summed E-state index contributed by atoms with van der Waals surface area (Å²) in [6, 6.07) is 16.2. The number of nitrogens with zero attached hydrogens (tertiary/aromatic N) is 3. The Hall–Kier alpha value is -9.17. The number of unbranched alkanes of at least 4 members (excludes halogenated alkanes) is 1. The fraction of sp³-hybridized carbons (Fsp3) is 0.404. The molecule has 0 spiro atoms. The van der Waals surface area contributed by atoms with Gasteiger partial charge in [-0.25, -0.2) is 23.2 Å². The van der Waals surface area contributed by atoms with Crippen LogP contribution < -0.4 is 48.5 Å². The highest BCUT2D eigenvalue weighted by Crippen LogP contribution is 2.16. The Morgan fingerprint density at radius 1 is 0.682 bits per heavy atom. The number of sulfone groups is 1. The number of nitrogens with two attached hydrogens (primary N) is 1. The molecule has 0 saturated heterocycles. The Labute approximate surface area is 490 Å². The van der Waals surface area contributed by atoms with E-state index in [0.717, 1.165) is 5.56 Å². The minimum Gasteiger partial charge on any atom is -0.480 e. The van der Waals surface area contributed by atoms with Gasteiger partial charge in [-0.2, -0.15) is 4.98 Å². The predicted octanol–water partition coefficient (Wildman–Crippen LogP) is 1.12. The van der Waals surface area contributed by atoms with E-state index in [9.17, 15) is 56.7 Å². The van der Waals surface area contributed by atoms with Crippen molar-refractivity contribution < 1.29 is 66.1 Å². The molecule has 2 atom stereocenters. The van der Waals surface area contributed by atoms with Gasteiger partial charge >= 0.3 is 5.97 Å². The van der Waals surface area contributed by atoms with Crippen molar-refractivity contribution in [1.29, 1.82) is 0 Å². The van der Waals surface area contributed by atoms with Crippen molar-refractivity contribution in [2.45, 2.75) is 81.8 Å². The number of H-pyrrole nitrogens is 1. The maximum atomic E-state index is 13.1. The number of Topliss-reactive ketones (excluding diaryl/α,β-unsaturated/α-hetero) is 1. The maximum Gasteiger partial charge on any atom is 0.326 e. The molecule has 85 heavy (non-hydrogen) atoms. The molecule has 2 heterocycles. The first-order chi connectivity index (χ1) is 40.8. The van der Waals surface area contributed by atoms with Crippen molar-refractivity contribution in [3.05, 3.63) is 117 Å². The number of aromatic nitrogens is 4. The van der Waals surface area contributed by atoms with Crippen LogP contribution in [0.25, 0.3) is 11.2 Å². The van der Waals surface area contributed by atoms with Crippen LogP contribution in [0.4, 0.5) is 11.6 Å². The van der Waals surface area contributed by atoms with Crippen LogP contribution in [0.5, 0.6) is 0 Å². The highest BCUT2D eigenvalue weighted by molar-refractivity contribution is 7.91. The summed E-state index contributed by atoms with van der Waals surface area (Å²) < 4.78 is 41.7. The van der Waals surface area contributed by atoms with Gasteiger partial charge in [0.25, 0.3) is 17.4 Å². The number of carbonyl (C=O) groups is 8. The largest absolute Gasteiger partial charge is 0.480 e. The topological polar surface area (TPSA) is 400 Å². The smallest absolute Gasteiger partial charge is 0.326 e. The Morgan fingerprint density at radius 2 is 1.32 bits per heavy atom. The van der Waals surface area contributed by atoms with Crippen molar-refractivity contribution in [3.8, 4) is 12.3 Å². The van der Waals surface area contributed by atoms with E-state index in [-0.39, 0.29) is 161 Å². The lowest BCUT2D eigenvalue weighted by Crippen LogP contribution is -2.47. The number of rotatable bonds is 38. The first-order valence-electron chi connectivity index (χ1n) is 27.2. The molecule has 0 radical (unpaired) electrons. The first-order valence-corrected chi connectivity index (χ1v) is 28.8. The Balaban J connectivity index is 0.868. The number of fused-ring (bicyclic) bond motifs is 1. The Kier molecular flexibility index (Phi) is 27.5. The molecule has 454 valence electrons. The number of aromatic amines is 1. The second-order valence-corrected chi connectivity index (χ2v) is 21.2. The quantitative estimate of drug-likeness (QED) is 0.0150. The van der Waals surface area contributed by atoms with E-state index in [0.29, 0.717) is 24.2 Å². The number of carboxylic acids is 1. The third-order valence-corrected chi connectivity index (χ3v) is 14.2. The number of anilines is 2. The molecule has 0 unspecified atom stereocenters. The highest BCUT2D eigenvalue weighted by Gasteiger charge is 2.23. The predicted molar refractivity (Wildman–Crippen MR) is 311 cm³/mol. The average Bonchev–Trinajstić information content (AvgIpc) is 3.61. The number of nitrogens with one attached hydrogen (secondary N) is 8. The molecule has 6 amide bonds. The number of hydrogen-bond acceptors (Lipinski definition) is 19. The lowest BCUT2D eigenvalue weighted by atomic mass is 10.1. The number of amides is 6. The van der Waals surface area contributed by atoms with E-state index < -0.39 is 68.9 Å². The molecule has 0 fully saturated rings. The number of ketones is 1. The standard InChI is InChI=1S/C57H70N12O15S/c1-3-4-8-48(72)66-44(7-5-6-24-59-49(73)36-84-30-27-61-52(74)39-13-11-38(12-14-39)46(70)23-33-85(80,81)43-19-9-37(2)10-20-43)54(76)62-26-29-83-32-31-82-28-25-60-47(71)22-21-45(56(78)79)67-53(75)40-15-17-41(18-16-40)63-34-42-35-64-51-50(65-42)55(77)69-57(58)68-51/h1,9-20,35,44-45,63H,4-8,21-34,36H2,2H3,(H,59,73)(H,60,71)(H,61,74)(H,62,76)(H,66,72)(H,67,75)(H,78,79)(H3,58,64,68,69,77)/t44-,45-/m0/s1. The van der Waals surface area contributed by atoms with Gasteiger partial charge in [0.05, 0.1) is 62.1 Å². The lowest BCUT2D eigenvalue weighted by Gasteiger charge is -2.18. The summed E-state index contributed by atoms with van der Waals surface area (Å²) in [5.41, 5.74) is 7.84. The van der Waals surface area contributed by atoms with Gasteiger partial charge in [-0.05, 0) is 81.1 Å². The molecule has 0 saturated carbocycles. The number of carbonyl (C=O) groups excluding carboxylic acids is 7. The number of benzene rings is 3. The van der Waals surface area contributed by atoms with Crippen LogP contribution in [0.2, 0.25) is 0 Å². The monoisotopic (exact) mass is 1190 g/mol. The highest BCUT2D eigenvalue weighted by atomic mass is 32.2. The van der Waals surface area contributed by atoms with Gasteiger partial charge in [0, 0.05) is 74.2 Å². The number of carboxylic acid groups (broad SMARTS) is 1. The third kappa shape index (κ3) is 23.9. The molecular weight excluding hydrogens is 1120 g/mol. The van der Waals surface area contributed by atoms with Crippen LogP contribution in [0.15, 0.2) is 88.7 Å². The summed E-state index contributed by atoms with van der Waals surface area (Å²) in [5.74, 6) is -2.48. The molecular formula is C57H70N12O15S. The molecule has 2 aromatic heterocycles. The molecule has 0 aliphatic rings. The van der Waals surface area contributed by atoms with Crippen molar-refractivity contribution in [2.75, 3.05) is 82.6 Å². The van der Waals surface area contributed by atoms with Gasteiger partial charge in [-0.1, -0.05) is 29.8 Å². The number of nitrogen functional groups attached to an aromatic ring is 1. The van der Waals surface area contributed by atoms with E-state index in [1.165, 1.54) is 54.7 Å². The van der Waals surface area contributed by atoms with Crippen LogP contribution in [0, 0.1) is 19.3 Å². The molecule has 0 aliphatic carbocycles. The number of ether oxygens (including phenoxy) is 3. The minimum absolute atomic E-state index is 0.0285. The van der Waals surface area contributed by atoms with Crippen molar-refractivity contribution in [2.24, 2.45) is 0 Å². The Morgan fingerprint density at radius 3 is 2.01 bits per heavy atom. The summed E-state index contributed by atoms with van der Waals surface area (Å²) in [5, 5.41) is 28.7. The lowest BCUT2D eigenvalue weighted by molar-refractivity contribution is -0.139. The third-order valence-electron chi connectivity index (χ3n) is 12.5. The molecule has 5 rings (SSSR count). The summed E-state index contributed by atoms with van der Waals surface area (Å²) in [6.07, 6.45) is 7.59. The van der Waals surface area contributed by atoms with Gasteiger partial charge in [-0.3, -0.25) is 43.3 Å². The molecule has 27 nitrogen and oxygen atoms in total. The van der Waals surface area contributed by atoms with Crippen LogP contribution in [0.1, 0.15) is 93.7 Å². The van der Waals surface area contributed by atoms with Gasteiger partial charge in [0.1, 0.15) is 18.7 Å². The zero-order valence-electron chi connectivity index (χ0n) is 46.9. The molecule has 0 aliphatic heterocycles. The van der Waals surface area contributed by atoms with Crippen LogP contribution in [0.3, 0.4) is 0 Å². The molecule has 28 heteroatoms. The molecule has 5 aromatic rings. The van der Waals surface area contributed by atoms with Gasteiger partial charge in [0.2, 0.25) is 29.6 Å². The van der Waals surface area contributed by atoms with Crippen LogP contribution >= 0.6 is 0 Å². The number of aliphatic carboxylic acids is 1. The van der Waals surface area contributed by atoms with E-state index in [2.05, 4.69) is 63.1 Å². The van der Waals surface area contributed by atoms with E-state index >= 15 is 0 Å². The maximum absolute atomic E-state index is 13.1. The second kappa shape index (κ2) is 35.1. The van der Waals surface area contributed by atoms with Crippen LogP contribution in [-0.4, -0.2) is 164 Å². The zero-order valence-corrected chi connectivity index (χ0v) is 47.7. The van der Waals surface area contributed by atoms with Crippen molar-refractivity contribution >= 4 is 79.8 Å². The van der Waals surface area contributed by atoms with E-state index in [4.69, 9.17) is 26.4 Å². The average molecular weight is 1200 g/mol. The summed E-state index contributed by atoms with van der Waals surface area (Å²) in [4.78, 5) is 127. The second-order valence-electron chi connectivity index (χ2n) is 19.0. The fourth-order valence-corrected chi connectivity index (χ4v) is 9.07. The molecule has 11 N–H and O–H groups in total. The summed E-state index contributed by atoms with van der Waals surface area (Å²) in [6.45, 7) is 2.99. The Bertz CT molecular complexity index is 3300. The number of hydrogen-bond donors (Lipinski definition) is 10. The number of terminal acetylenes is 1. The van der Waals surface area contributed by atoms with Crippen molar-refractivity contribution in [1.82, 2.24) is 51.8 Å². The van der Waals surface area contributed by atoms with Gasteiger partial charge in [0.15, 0.2) is 26.8 Å². The molecule has 0 bridgehead atoms. The summed E-state index contributed by atoms with van der Waals surface area (Å²) >= 11 is 0. The van der Waals surface area contributed by atoms with Crippen molar-refractivity contribution in [3.63, 3.8) is 0 Å². The summed E-state index contributed by atoms with van der Waals surface area (Å²) in [7, 11) is -3.64. The first kappa shape index (κ1) is 66.6. The SMILES string of the molecule is C#CCCC(=O)N[C@@H](CCCCNC(=O)COCCNC(=O)c1ccc(C(=O)CCS(=O)(=O)c2ccc(C)cc2)cc1)C(=O)NCCOCCOCCNC(=O)CC[C@H](NC(=O)c1ccc(NCc2cnc3nc(N)[nH]c(=O)c3n2)cc1)C(=O)O. The van der Waals surface area contributed by atoms with E-state index in [1.807, 2.05) is 6.92 Å². The molecule has 3 aromatic carbocycles. The minimum atomic E-state index is -3.64. The number of aryl methyl sites for hydroxylation is 1. The zero-order chi connectivity index (χ0) is 61.6. The fourth-order valence-electron chi connectivity index (χ4n) is 7.82. The van der Waals surface area contributed by atoms with Gasteiger partial charge < -0.3 is 62.3 Å². The van der Waals surface area contributed by atoms with Crippen LogP contribution in [-0.2, 0) is 54.6 Å². The van der Waals surface area contributed by atoms with Gasteiger partial charge in [-0.15, -0.1) is 12.3 Å².